The Balaban J connectivity index is 2.44. The van der Waals surface area contributed by atoms with Gasteiger partial charge in [-0.25, -0.2) is 0 Å². The van der Waals surface area contributed by atoms with Gasteiger partial charge in [0, 0.05) is 0 Å². The molecule has 0 radical (unpaired) electrons. The monoisotopic (exact) mass is 336 g/mol. The Morgan fingerprint density at radius 3 is 1.00 bits per heavy atom. The van der Waals surface area contributed by atoms with Crippen LogP contribution in [0, 0.1) is 41.7 Å². The third kappa shape index (κ3) is 2.12. The maximum absolute atomic E-state index is 10.1. The van der Waals surface area contributed by atoms with Crippen molar-refractivity contribution in [3.8, 4) is 11.5 Å². The van der Waals surface area contributed by atoms with Crippen LogP contribution in [0.4, 0.5) is 0 Å². The van der Waals surface area contributed by atoms with E-state index in [0.29, 0.717) is 0 Å². The Morgan fingerprint density at radius 2 is 0.654 bits per heavy atom. The van der Waals surface area contributed by atoms with E-state index >= 15 is 0 Å². The first kappa shape index (κ1) is 14.8. The fourth-order valence-electron chi connectivity index (χ4n) is 3.89. The minimum absolute atomic E-state index is 0.212. The third-order valence-corrected chi connectivity index (χ3v) is 5.02. The number of aromatic hydroxyl groups is 2. The second-order valence-electron chi connectivity index (χ2n) is 6.55. The van der Waals surface area contributed by atoms with Crippen molar-refractivity contribution in [1.29, 1.82) is 0 Å². The zero-order chi connectivity index (χ0) is 17.7. The SMILES string of the molecule is Oc1ccc2/c(c1)=c1/cc(O)cc/c1=c1\cccc\c1=c1/cccc/c1=2. The number of fused-ring (bicyclic) bond motifs is 4. The Kier molecular flexibility index (Phi) is 3.13. The molecule has 1 aliphatic carbocycles. The lowest BCUT2D eigenvalue weighted by Crippen LogP contribution is -1.89. The zero-order valence-corrected chi connectivity index (χ0v) is 14.0. The normalized spacial score (nSPS) is 16.9. The minimum Gasteiger partial charge on any atom is -0.508 e. The molecule has 0 amide bonds. The largest absolute Gasteiger partial charge is 0.508 e. The first-order valence-corrected chi connectivity index (χ1v) is 8.58. The second kappa shape index (κ2) is 5.50. The standard InChI is InChI=1S/C24H16O2/c25-15-9-11-21-19-7-3-1-5-17(19)18-6-2-4-8-20(18)22-12-10-16(26)14-24(22)23(21)13-15/h1-14,25-26H/b18-17-,21-19-,22-20-,24-23-. The van der Waals surface area contributed by atoms with Gasteiger partial charge in [0.15, 0.2) is 0 Å². The smallest absolute Gasteiger partial charge is 0.116 e. The van der Waals surface area contributed by atoms with Crippen LogP contribution in [0.25, 0.3) is 0 Å². The predicted octanol–water partition coefficient (Wildman–Crippen LogP) is 4.56. The van der Waals surface area contributed by atoms with E-state index in [1.54, 1.807) is 24.3 Å². The van der Waals surface area contributed by atoms with Crippen molar-refractivity contribution in [3.05, 3.63) is 127 Å². The van der Waals surface area contributed by atoms with Gasteiger partial charge in [-0.3, -0.25) is 0 Å². The maximum atomic E-state index is 10.1. The first-order valence-electron chi connectivity index (χ1n) is 8.58. The summed E-state index contributed by atoms with van der Waals surface area (Å²) in [4.78, 5) is 0. The highest BCUT2D eigenvalue weighted by Gasteiger charge is 2.02. The molecular weight excluding hydrogens is 320 g/mol. The quantitative estimate of drug-likeness (QED) is 0.435. The van der Waals surface area contributed by atoms with Crippen molar-refractivity contribution >= 4 is 0 Å². The van der Waals surface area contributed by atoms with Gasteiger partial charge in [-0.2, -0.15) is 0 Å². The molecule has 0 spiro atoms. The van der Waals surface area contributed by atoms with Crippen molar-refractivity contribution in [2.24, 2.45) is 0 Å². The molecule has 4 aromatic carbocycles. The molecule has 2 heteroatoms. The lowest BCUT2D eigenvalue weighted by molar-refractivity contribution is 0.473. The summed E-state index contributed by atoms with van der Waals surface area (Å²) < 4.78 is 0. The molecule has 0 saturated heterocycles. The highest BCUT2D eigenvalue weighted by atomic mass is 16.3. The molecule has 0 aromatic heterocycles. The number of phenols is 2. The minimum atomic E-state index is 0.212. The van der Waals surface area contributed by atoms with E-state index in [0.717, 1.165) is 41.7 Å². The molecule has 0 unspecified atom stereocenters. The number of benzene rings is 4. The summed E-state index contributed by atoms with van der Waals surface area (Å²) in [5.74, 6) is 0.425. The molecule has 1 aliphatic rings. The van der Waals surface area contributed by atoms with Crippen molar-refractivity contribution in [3.63, 3.8) is 0 Å². The average molecular weight is 336 g/mol. The second-order valence-corrected chi connectivity index (χ2v) is 6.55. The molecule has 0 atom stereocenters. The van der Waals surface area contributed by atoms with Gasteiger partial charge < -0.3 is 10.2 Å². The summed E-state index contributed by atoms with van der Waals surface area (Å²) in [5, 5.41) is 28.7. The van der Waals surface area contributed by atoms with Crippen LogP contribution in [0.3, 0.4) is 0 Å². The van der Waals surface area contributed by atoms with Gasteiger partial charge in [0.25, 0.3) is 0 Å². The molecule has 0 heterocycles. The Labute approximate surface area is 148 Å². The van der Waals surface area contributed by atoms with Crippen LogP contribution in [-0.4, -0.2) is 10.2 Å². The number of hydrogen-bond donors (Lipinski definition) is 2. The van der Waals surface area contributed by atoms with Crippen LogP contribution in [0.2, 0.25) is 0 Å². The fraction of sp³-hybridized carbons (Fsp3) is 0. The molecule has 26 heavy (non-hydrogen) atoms. The lowest BCUT2D eigenvalue weighted by Gasteiger charge is -2.03. The summed E-state index contributed by atoms with van der Waals surface area (Å²) in [6.45, 7) is 0. The van der Waals surface area contributed by atoms with E-state index in [4.69, 9.17) is 0 Å². The van der Waals surface area contributed by atoms with Crippen LogP contribution in [-0.2, 0) is 0 Å². The van der Waals surface area contributed by atoms with Crippen molar-refractivity contribution in [2.45, 2.75) is 0 Å². The Bertz CT molecular complexity index is 1440. The van der Waals surface area contributed by atoms with E-state index in [9.17, 15) is 10.2 Å². The maximum Gasteiger partial charge on any atom is 0.116 e. The number of phenolic OH excluding ortho intramolecular Hbond substituents is 2. The number of rotatable bonds is 0. The van der Waals surface area contributed by atoms with Crippen LogP contribution in [0.5, 0.6) is 11.5 Å². The van der Waals surface area contributed by atoms with Crippen LogP contribution >= 0.6 is 0 Å². The molecule has 0 saturated carbocycles. The lowest BCUT2D eigenvalue weighted by atomic mass is 10.0. The van der Waals surface area contributed by atoms with Crippen molar-refractivity contribution in [2.75, 3.05) is 0 Å². The molecule has 2 nitrogen and oxygen atoms in total. The third-order valence-electron chi connectivity index (χ3n) is 5.02. The molecule has 4 aromatic rings. The van der Waals surface area contributed by atoms with E-state index in [-0.39, 0.29) is 11.5 Å². The molecule has 124 valence electrons. The highest BCUT2D eigenvalue weighted by Crippen LogP contribution is 2.18. The summed E-state index contributed by atoms with van der Waals surface area (Å²) in [6.07, 6.45) is 0. The van der Waals surface area contributed by atoms with Crippen LogP contribution in [0.1, 0.15) is 0 Å². The predicted molar refractivity (Wildman–Crippen MR) is 99.8 cm³/mol. The summed E-state index contributed by atoms with van der Waals surface area (Å²) in [5.41, 5.74) is 0. The van der Waals surface area contributed by atoms with Gasteiger partial charge in [-0.1, -0.05) is 60.7 Å². The van der Waals surface area contributed by atoms with Gasteiger partial charge in [0.05, 0.1) is 0 Å². The molecule has 0 bridgehead atoms. The molecule has 0 aliphatic heterocycles. The highest BCUT2D eigenvalue weighted by molar-refractivity contribution is 5.35. The summed E-state index contributed by atoms with van der Waals surface area (Å²) >= 11 is 0. The molecular formula is C24H16O2. The Hall–Kier alpha value is -3.52. The van der Waals surface area contributed by atoms with Crippen LogP contribution in [0.15, 0.2) is 84.9 Å². The van der Waals surface area contributed by atoms with E-state index in [1.165, 1.54) is 0 Å². The van der Waals surface area contributed by atoms with E-state index in [1.807, 2.05) is 24.3 Å². The zero-order valence-electron chi connectivity index (χ0n) is 14.0. The molecule has 0 fully saturated rings. The number of hydrogen-bond acceptors (Lipinski definition) is 2. The van der Waals surface area contributed by atoms with Gasteiger partial charge >= 0.3 is 0 Å². The van der Waals surface area contributed by atoms with Gasteiger partial charge in [0.2, 0.25) is 0 Å². The van der Waals surface area contributed by atoms with E-state index < -0.39 is 0 Å². The fourth-order valence-corrected chi connectivity index (χ4v) is 3.89. The summed E-state index contributed by atoms with van der Waals surface area (Å²) in [7, 11) is 0. The molecule has 5 rings (SSSR count). The van der Waals surface area contributed by atoms with E-state index in [2.05, 4.69) is 36.4 Å². The van der Waals surface area contributed by atoms with Gasteiger partial charge in [-0.15, -0.1) is 0 Å². The Morgan fingerprint density at radius 1 is 0.346 bits per heavy atom. The van der Waals surface area contributed by atoms with Crippen molar-refractivity contribution < 1.29 is 10.2 Å². The van der Waals surface area contributed by atoms with Gasteiger partial charge in [0.1, 0.15) is 11.5 Å². The van der Waals surface area contributed by atoms with Crippen molar-refractivity contribution in [1.82, 2.24) is 0 Å². The average Bonchev–Trinajstić information content (AvgIpc) is 2.67. The molecule has 2 N–H and O–H groups in total. The summed E-state index contributed by atoms with van der Waals surface area (Å²) in [6, 6.07) is 27.5. The topological polar surface area (TPSA) is 40.5 Å². The van der Waals surface area contributed by atoms with Gasteiger partial charge in [-0.05, 0) is 66.0 Å². The first-order chi connectivity index (χ1) is 12.7. The van der Waals surface area contributed by atoms with Crippen LogP contribution < -0.4 is 0 Å².